The second kappa shape index (κ2) is 13.7. The summed E-state index contributed by atoms with van der Waals surface area (Å²) in [6, 6.07) is 0. The number of allylic oxidation sites excluding steroid dienone is 2. The molecule has 1 heteroatoms. The second-order valence-electron chi connectivity index (χ2n) is 2.31. The number of ether oxygens (including phenoxy) is 1. The van der Waals surface area contributed by atoms with Crippen molar-refractivity contribution in [1.29, 1.82) is 0 Å². The van der Waals surface area contributed by atoms with Crippen LogP contribution in [0, 0.1) is 0 Å². The molecular weight excluding hydrogens is 160 g/mol. The molecule has 0 fully saturated rings. The van der Waals surface area contributed by atoms with Crippen LogP contribution in [0.4, 0.5) is 0 Å². The first kappa shape index (κ1) is 14.7. The SMILES string of the molecule is C=C/C=C\C(=C)COCCC.CC. The first-order valence-electron chi connectivity index (χ1n) is 4.86. The van der Waals surface area contributed by atoms with Crippen LogP contribution in [-0.4, -0.2) is 13.2 Å². The minimum Gasteiger partial charge on any atom is -0.377 e. The summed E-state index contributed by atoms with van der Waals surface area (Å²) in [7, 11) is 0. The third kappa shape index (κ3) is 14.1. The number of rotatable bonds is 6. The molecule has 0 aliphatic heterocycles. The lowest BCUT2D eigenvalue weighted by molar-refractivity contribution is 0.159. The Kier molecular flexibility index (Phi) is 15.5. The van der Waals surface area contributed by atoms with Gasteiger partial charge in [-0.15, -0.1) is 0 Å². The maximum atomic E-state index is 5.26. The van der Waals surface area contributed by atoms with Crippen molar-refractivity contribution in [3.63, 3.8) is 0 Å². The van der Waals surface area contributed by atoms with Gasteiger partial charge in [-0.05, 0) is 12.0 Å². The highest BCUT2D eigenvalue weighted by molar-refractivity contribution is 5.18. The van der Waals surface area contributed by atoms with E-state index in [1.54, 1.807) is 6.08 Å². The van der Waals surface area contributed by atoms with Crippen molar-refractivity contribution < 1.29 is 4.74 Å². The average Bonchev–Trinajstić information content (AvgIpc) is 2.18. The molecule has 0 aromatic rings. The summed E-state index contributed by atoms with van der Waals surface area (Å²) in [6.07, 6.45) is 6.55. The fraction of sp³-hybridized carbons (Fsp3) is 0.500. The van der Waals surface area contributed by atoms with E-state index in [0.717, 1.165) is 18.6 Å². The van der Waals surface area contributed by atoms with E-state index < -0.39 is 0 Å². The van der Waals surface area contributed by atoms with E-state index in [9.17, 15) is 0 Å². The molecule has 0 bridgehead atoms. The third-order valence-electron chi connectivity index (χ3n) is 1.10. The van der Waals surface area contributed by atoms with Gasteiger partial charge in [-0.3, -0.25) is 0 Å². The highest BCUT2D eigenvalue weighted by Gasteiger charge is 1.86. The van der Waals surface area contributed by atoms with E-state index in [1.165, 1.54) is 0 Å². The van der Waals surface area contributed by atoms with Gasteiger partial charge in [-0.25, -0.2) is 0 Å². The topological polar surface area (TPSA) is 9.23 Å². The van der Waals surface area contributed by atoms with Gasteiger partial charge in [-0.2, -0.15) is 0 Å². The highest BCUT2D eigenvalue weighted by atomic mass is 16.5. The summed E-state index contributed by atoms with van der Waals surface area (Å²) < 4.78 is 5.26. The molecule has 0 unspecified atom stereocenters. The maximum Gasteiger partial charge on any atom is 0.0711 e. The summed E-state index contributed by atoms with van der Waals surface area (Å²) in [4.78, 5) is 0. The van der Waals surface area contributed by atoms with Gasteiger partial charge in [0.1, 0.15) is 0 Å². The molecule has 0 N–H and O–H groups in total. The Morgan fingerprint density at radius 2 is 2.00 bits per heavy atom. The normalized spacial score (nSPS) is 9.15. The lowest BCUT2D eigenvalue weighted by Crippen LogP contribution is -1.95. The lowest BCUT2D eigenvalue weighted by atomic mass is 10.3. The van der Waals surface area contributed by atoms with Gasteiger partial charge < -0.3 is 4.74 Å². The standard InChI is InChI=1S/C10H16O.C2H6/c1-4-6-7-10(3)9-11-8-5-2;1-2/h4,6-7H,1,3,5,8-9H2,2H3;1-2H3/b7-6-;. The molecule has 0 saturated heterocycles. The Morgan fingerprint density at radius 3 is 2.46 bits per heavy atom. The predicted octanol–water partition coefficient (Wildman–Crippen LogP) is 3.74. The molecule has 0 atom stereocenters. The molecule has 0 aliphatic carbocycles. The maximum absolute atomic E-state index is 5.26. The first-order valence-corrected chi connectivity index (χ1v) is 4.86. The Balaban J connectivity index is 0. The predicted molar refractivity (Wildman–Crippen MR) is 60.9 cm³/mol. The molecule has 0 amide bonds. The summed E-state index contributed by atoms with van der Waals surface area (Å²) in [5.41, 5.74) is 0.985. The number of hydrogen-bond donors (Lipinski definition) is 0. The zero-order valence-electron chi connectivity index (χ0n) is 9.18. The molecule has 0 rings (SSSR count). The van der Waals surface area contributed by atoms with E-state index in [4.69, 9.17) is 4.74 Å². The van der Waals surface area contributed by atoms with Crippen molar-refractivity contribution in [3.8, 4) is 0 Å². The summed E-state index contributed by atoms with van der Waals surface area (Å²) in [6.45, 7) is 14.9. The van der Waals surface area contributed by atoms with Crippen molar-refractivity contribution in [1.82, 2.24) is 0 Å². The minimum absolute atomic E-state index is 0.623. The van der Waals surface area contributed by atoms with Crippen LogP contribution in [-0.2, 0) is 4.74 Å². The molecule has 76 valence electrons. The first-order chi connectivity index (χ1) is 6.31. The van der Waals surface area contributed by atoms with Gasteiger partial charge in [0, 0.05) is 6.61 Å². The van der Waals surface area contributed by atoms with E-state index >= 15 is 0 Å². The van der Waals surface area contributed by atoms with Crippen LogP contribution >= 0.6 is 0 Å². The van der Waals surface area contributed by atoms with Crippen molar-refractivity contribution in [2.75, 3.05) is 13.2 Å². The summed E-state index contributed by atoms with van der Waals surface area (Å²) >= 11 is 0. The van der Waals surface area contributed by atoms with Crippen LogP contribution in [0.3, 0.4) is 0 Å². The Hall–Kier alpha value is -0.820. The Labute approximate surface area is 82.8 Å². The molecule has 0 spiro atoms. The van der Waals surface area contributed by atoms with Gasteiger partial charge in [-0.1, -0.05) is 52.2 Å². The van der Waals surface area contributed by atoms with Gasteiger partial charge in [0.05, 0.1) is 6.61 Å². The van der Waals surface area contributed by atoms with Crippen molar-refractivity contribution >= 4 is 0 Å². The van der Waals surface area contributed by atoms with Gasteiger partial charge >= 0.3 is 0 Å². The quantitative estimate of drug-likeness (QED) is 0.449. The van der Waals surface area contributed by atoms with E-state index in [0.29, 0.717) is 6.61 Å². The third-order valence-corrected chi connectivity index (χ3v) is 1.10. The highest BCUT2D eigenvalue weighted by Crippen LogP contribution is 1.94. The lowest BCUT2D eigenvalue weighted by Gasteiger charge is -2.00. The van der Waals surface area contributed by atoms with Crippen LogP contribution in [0.2, 0.25) is 0 Å². The summed E-state index contributed by atoms with van der Waals surface area (Å²) in [5.74, 6) is 0. The molecule has 0 aliphatic rings. The van der Waals surface area contributed by atoms with Crippen molar-refractivity contribution in [2.45, 2.75) is 27.2 Å². The van der Waals surface area contributed by atoms with E-state index in [2.05, 4.69) is 20.1 Å². The van der Waals surface area contributed by atoms with Crippen LogP contribution in [0.5, 0.6) is 0 Å². The average molecular weight is 182 g/mol. The van der Waals surface area contributed by atoms with Crippen LogP contribution in [0.1, 0.15) is 27.2 Å². The van der Waals surface area contributed by atoms with Gasteiger partial charge in [0.2, 0.25) is 0 Å². The Morgan fingerprint density at radius 1 is 1.38 bits per heavy atom. The smallest absolute Gasteiger partial charge is 0.0711 e. The van der Waals surface area contributed by atoms with Crippen LogP contribution in [0.15, 0.2) is 37.0 Å². The van der Waals surface area contributed by atoms with Crippen molar-refractivity contribution in [3.05, 3.63) is 37.0 Å². The van der Waals surface area contributed by atoms with Crippen molar-refractivity contribution in [2.24, 2.45) is 0 Å². The largest absolute Gasteiger partial charge is 0.377 e. The second-order valence-corrected chi connectivity index (χ2v) is 2.31. The van der Waals surface area contributed by atoms with E-state index in [-0.39, 0.29) is 0 Å². The number of hydrogen-bond acceptors (Lipinski definition) is 1. The monoisotopic (exact) mass is 182 g/mol. The van der Waals surface area contributed by atoms with Crippen LogP contribution < -0.4 is 0 Å². The zero-order valence-corrected chi connectivity index (χ0v) is 9.18. The van der Waals surface area contributed by atoms with E-state index in [1.807, 2.05) is 26.0 Å². The van der Waals surface area contributed by atoms with Crippen LogP contribution in [0.25, 0.3) is 0 Å². The molecule has 0 heterocycles. The molecule has 0 radical (unpaired) electrons. The molecule has 1 nitrogen and oxygen atoms in total. The molecule has 0 aromatic heterocycles. The molecular formula is C12H22O. The fourth-order valence-corrected chi connectivity index (χ4v) is 0.600. The van der Waals surface area contributed by atoms with Gasteiger partial charge in [0.25, 0.3) is 0 Å². The summed E-state index contributed by atoms with van der Waals surface area (Å²) in [5, 5.41) is 0. The Bertz CT molecular complexity index is 145. The zero-order chi connectivity index (χ0) is 10.5. The molecule has 0 saturated carbocycles. The minimum atomic E-state index is 0.623. The molecule has 0 aromatic carbocycles. The fourth-order valence-electron chi connectivity index (χ4n) is 0.600. The van der Waals surface area contributed by atoms with Gasteiger partial charge in [0.15, 0.2) is 0 Å². The molecule has 13 heavy (non-hydrogen) atoms.